The van der Waals surface area contributed by atoms with Crippen LogP contribution >= 0.6 is 23.2 Å². The second-order valence-corrected chi connectivity index (χ2v) is 10.9. The fourth-order valence-electron chi connectivity index (χ4n) is 5.58. The van der Waals surface area contributed by atoms with E-state index in [9.17, 15) is 4.79 Å². The number of methoxy groups -OCH3 is 1. The first-order valence-electron chi connectivity index (χ1n) is 13.0. The van der Waals surface area contributed by atoms with Gasteiger partial charge in [0, 0.05) is 67.3 Å². The van der Waals surface area contributed by atoms with Crippen LogP contribution in [0.15, 0.2) is 60.9 Å². The fraction of sp³-hybridized carbons (Fsp3) is 0.414. The predicted octanol–water partition coefficient (Wildman–Crippen LogP) is 5.72. The summed E-state index contributed by atoms with van der Waals surface area (Å²) in [4.78, 5) is 26.7. The number of carbonyl (C=O) groups excluding carboxylic acids is 1. The van der Waals surface area contributed by atoms with Gasteiger partial charge in [0.15, 0.2) is 0 Å². The molecule has 2 aliphatic heterocycles. The molecule has 2 aliphatic rings. The molecule has 200 valence electrons. The first kappa shape index (κ1) is 26.6. The van der Waals surface area contributed by atoms with Gasteiger partial charge in [0.1, 0.15) is 6.10 Å². The summed E-state index contributed by atoms with van der Waals surface area (Å²) in [5.74, 6) is 1.63. The molecule has 2 aromatic heterocycles. The Morgan fingerprint density at radius 3 is 2.24 bits per heavy atom. The Hall–Kier alpha value is -3.03. The van der Waals surface area contributed by atoms with E-state index in [4.69, 9.17) is 32.7 Å². The maximum atomic E-state index is 13.7. The van der Waals surface area contributed by atoms with Crippen molar-refractivity contribution in [2.75, 3.05) is 38.2 Å². The van der Waals surface area contributed by atoms with Crippen LogP contribution in [0.1, 0.15) is 31.2 Å². The average molecular weight is 556 g/mol. The molecule has 2 saturated heterocycles. The highest BCUT2D eigenvalue weighted by molar-refractivity contribution is 6.30. The molecular weight excluding hydrogens is 523 g/mol. The van der Waals surface area contributed by atoms with Crippen molar-refractivity contribution in [2.24, 2.45) is 11.8 Å². The molecule has 7 nitrogen and oxygen atoms in total. The zero-order chi connectivity index (χ0) is 26.6. The van der Waals surface area contributed by atoms with E-state index in [0.717, 1.165) is 37.2 Å². The van der Waals surface area contributed by atoms with Crippen molar-refractivity contribution in [2.45, 2.75) is 31.8 Å². The number of hydrogen-bond acceptors (Lipinski definition) is 6. The quantitative estimate of drug-likeness (QED) is 0.372. The summed E-state index contributed by atoms with van der Waals surface area (Å²) >= 11 is 12.2. The van der Waals surface area contributed by atoms with Gasteiger partial charge in [-0.1, -0.05) is 35.3 Å². The number of rotatable bonds is 7. The number of carbonyl (C=O) groups is 1. The maximum absolute atomic E-state index is 13.7. The highest BCUT2D eigenvalue weighted by Crippen LogP contribution is 2.38. The van der Waals surface area contributed by atoms with E-state index >= 15 is 0 Å². The van der Waals surface area contributed by atoms with Gasteiger partial charge < -0.3 is 19.3 Å². The van der Waals surface area contributed by atoms with Crippen molar-refractivity contribution in [3.63, 3.8) is 0 Å². The molecular formula is C29H32Cl2N4O3. The molecule has 1 amide bonds. The van der Waals surface area contributed by atoms with E-state index in [0.29, 0.717) is 34.9 Å². The summed E-state index contributed by atoms with van der Waals surface area (Å²) in [7, 11) is 1.61. The van der Waals surface area contributed by atoms with E-state index in [1.807, 2.05) is 35.4 Å². The third-order valence-corrected chi connectivity index (χ3v) is 8.20. The molecule has 0 radical (unpaired) electrons. The lowest BCUT2D eigenvalue weighted by atomic mass is 9.86. The summed E-state index contributed by atoms with van der Waals surface area (Å²) in [5.41, 5.74) is 2.22. The number of nitrogens with zero attached hydrogens (tertiary/aromatic N) is 4. The number of halogens is 2. The number of ether oxygens (including phenoxy) is 2. The number of benzene rings is 1. The summed E-state index contributed by atoms with van der Waals surface area (Å²) in [5, 5.41) is 1.26. The van der Waals surface area contributed by atoms with Crippen LogP contribution in [0.4, 0.5) is 5.69 Å². The van der Waals surface area contributed by atoms with Crippen LogP contribution in [0, 0.1) is 11.8 Å². The topological polar surface area (TPSA) is 67.8 Å². The Balaban J connectivity index is 1.26. The Bertz CT molecular complexity index is 1220. The third kappa shape index (κ3) is 6.00. The van der Waals surface area contributed by atoms with Gasteiger partial charge in [-0.2, -0.15) is 0 Å². The predicted molar refractivity (Wildman–Crippen MR) is 149 cm³/mol. The second kappa shape index (κ2) is 11.8. The van der Waals surface area contributed by atoms with Gasteiger partial charge in [-0.15, -0.1) is 0 Å². The number of hydrogen-bond donors (Lipinski definition) is 0. The number of aromatic nitrogens is 2. The normalized spacial score (nSPS) is 20.8. The molecule has 0 aliphatic carbocycles. The number of piperidine rings is 1. The van der Waals surface area contributed by atoms with Crippen molar-refractivity contribution in [3.05, 3.63) is 76.5 Å². The standard InChI is InChI=1S/C29H32Cl2N4O3/c1-19(38-28-9-7-23(31)15-32-28)25-17-35(18-26(25)20-3-5-22(30)6-4-20)29(36)21-11-13-34(14-12-21)24-8-10-27(37-2)33-16-24/h3-10,15-16,19,21,25-26H,11-14,17-18H2,1-2H3/t19-,25+,26+/m0/s1. The third-order valence-electron chi connectivity index (χ3n) is 7.72. The number of anilines is 1. The van der Waals surface area contributed by atoms with Gasteiger partial charge in [-0.3, -0.25) is 4.79 Å². The van der Waals surface area contributed by atoms with Crippen molar-refractivity contribution in [3.8, 4) is 11.8 Å². The monoisotopic (exact) mass is 554 g/mol. The molecule has 4 heterocycles. The lowest BCUT2D eigenvalue weighted by molar-refractivity contribution is -0.135. The minimum atomic E-state index is -0.147. The first-order chi connectivity index (χ1) is 18.4. The van der Waals surface area contributed by atoms with E-state index < -0.39 is 0 Å². The summed E-state index contributed by atoms with van der Waals surface area (Å²) in [6.45, 7) is 5.01. The highest BCUT2D eigenvalue weighted by Gasteiger charge is 2.42. The molecule has 9 heteroatoms. The van der Waals surface area contributed by atoms with Crippen LogP contribution in [0.2, 0.25) is 10.0 Å². The summed E-state index contributed by atoms with van der Waals surface area (Å²) in [6.07, 6.45) is 4.90. The molecule has 2 fully saturated rings. The minimum Gasteiger partial charge on any atom is -0.481 e. The first-order valence-corrected chi connectivity index (χ1v) is 13.7. The lowest BCUT2D eigenvalue weighted by Crippen LogP contribution is -2.42. The number of pyridine rings is 2. The molecule has 0 N–H and O–H groups in total. The fourth-order valence-corrected chi connectivity index (χ4v) is 5.82. The van der Waals surface area contributed by atoms with Crippen molar-refractivity contribution in [1.82, 2.24) is 14.9 Å². The molecule has 3 atom stereocenters. The molecule has 0 bridgehead atoms. The largest absolute Gasteiger partial charge is 0.481 e. The van der Waals surface area contributed by atoms with Crippen LogP contribution in [-0.4, -0.2) is 60.2 Å². The number of amides is 1. The summed E-state index contributed by atoms with van der Waals surface area (Å²) < 4.78 is 11.4. The van der Waals surface area contributed by atoms with Crippen molar-refractivity contribution >= 4 is 34.8 Å². The van der Waals surface area contributed by atoms with Crippen molar-refractivity contribution < 1.29 is 14.3 Å². The maximum Gasteiger partial charge on any atom is 0.225 e. The molecule has 1 aromatic carbocycles. The zero-order valence-corrected chi connectivity index (χ0v) is 23.1. The molecule has 38 heavy (non-hydrogen) atoms. The van der Waals surface area contributed by atoms with Gasteiger partial charge in [-0.25, -0.2) is 9.97 Å². The minimum absolute atomic E-state index is 0.0104. The summed E-state index contributed by atoms with van der Waals surface area (Å²) in [6, 6.07) is 15.4. The van der Waals surface area contributed by atoms with Gasteiger partial charge in [0.2, 0.25) is 17.7 Å². The van der Waals surface area contributed by atoms with Gasteiger partial charge in [0.05, 0.1) is 24.0 Å². The van der Waals surface area contributed by atoms with Crippen LogP contribution in [-0.2, 0) is 4.79 Å². The SMILES string of the molecule is COc1ccc(N2CCC(C(=O)N3C[C@H]([C@H](C)Oc4ccc(Cl)cn4)[C@@H](c4ccc(Cl)cc4)C3)CC2)cn1. The molecule has 3 aromatic rings. The Kier molecular flexibility index (Phi) is 8.24. The Morgan fingerprint density at radius 1 is 0.921 bits per heavy atom. The number of likely N-dealkylation sites (tertiary alicyclic amines) is 1. The van der Waals surface area contributed by atoms with Gasteiger partial charge in [0.25, 0.3) is 0 Å². The van der Waals surface area contributed by atoms with Crippen molar-refractivity contribution in [1.29, 1.82) is 0 Å². The van der Waals surface area contributed by atoms with Gasteiger partial charge >= 0.3 is 0 Å². The highest BCUT2D eigenvalue weighted by atomic mass is 35.5. The van der Waals surface area contributed by atoms with E-state index in [-0.39, 0.29) is 29.8 Å². The second-order valence-electron chi connectivity index (χ2n) is 10.0. The Labute approximate surface area is 233 Å². The van der Waals surface area contributed by atoms with Crippen LogP contribution < -0.4 is 14.4 Å². The van der Waals surface area contributed by atoms with E-state index in [2.05, 4.69) is 33.9 Å². The van der Waals surface area contributed by atoms with Crippen LogP contribution in [0.25, 0.3) is 0 Å². The lowest BCUT2D eigenvalue weighted by Gasteiger charge is -2.34. The van der Waals surface area contributed by atoms with E-state index in [1.54, 1.807) is 25.4 Å². The molecule has 0 unspecified atom stereocenters. The zero-order valence-electron chi connectivity index (χ0n) is 21.6. The van der Waals surface area contributed by atoms with E-state index in [1.165, 1.54) is 0 Å². The Morgan fingerprint density at radius 2 is 1.61 bits per heavy atom. The molecule has 5 rings (SSSR count). The smallest absolute Gasteiger partial charge is 0.225 e. The van der Waals surface area contributed by atoms with Crippen LogP contribution in [0.5, 0.6) is 11.8 Å². The average Bonchev–Trinajstić information content (AvgIpc) is 3.40. The molecule has 0 spiro atoms. The molecule has 0 saturated carbocycles. The van der Waals surface area contributed by atoms with Crippen LogP contribution in [0.3, 0.4) is 0 Å². The van der Waals surface area contributed by atoms with Gasteiger partial charge in [-0.05, 0) is 49.6 Å².